The third-order valence-electron chi connectivity index (χ3n) is 3.03. The maximum Gasteiger partial charge on any atom is 0.238 e. The maximum atomic E-state index is 12.4. The van der Waals surface area contributed by atoms with E-state index in [4.69, 9.17) is 0 Å². The second-order valence-corrected chi connectivity index (χ2v) is 5.80. The van der Waals surface area contributed by atoms with Crippen LogP contribution in [0.25, 0.3) is 0 Å². The third kappa shape index (κ3) is 3.36. The number of nitrogens with zero attached hydrogens (tertiary/aromatic N) is 2. The van der Waals surface area contributed by atoms with E-state index in [9.17, 15) is 4.79 Å². The normalized spacial score (nSPS) is 15.6. The van der Waals surface area contributed by atoms with Crippen LogP contribution in [-0.2, 0) is 4.79 Å². The van der Waals surface area contributed by atoms with Crippen molar-refractivity contribution >= 4 is 17.7 Å². The summed E-state index contributed by atoms with van der Waals surface area (Å²) in [6.07, 6.45) is 5.55. The SMILES string of the molecule is O=C(NC1CC1)C(Sc1ncccn1)c1ccccc1. The molecule has 0 radical (unpaired) electrons. The first-order valence-electron chi connectivity index (χ1n) is 6.62. The van der Waals surface area contributed by atoms with Gasteiger partial charge in [0.05, 0.1) is 0 Å². The highest BCUT2D eigenvalue weighted by atomic mass is 32.2. The number of hydrogen-bond acceptors (Lipinski definition) is 4. The Hall–Kier alpha value is -1.88. The molecule has 2 aromatic rings. The maximum absolute atomic E-state index is 12.4. The lowest BCUT2D eigenvalue weighted by Gasteiger charge is -2.15. The smallest absolute Gasteiger partial charge is 0.238 e. The molecule has 4 nitrogen and oxygen atoms in total. The summed E-state index contributed by atoms with van der Waals surface area (Å²) in [4.78, 5) is 20.8. The second kappa shape index (κ2) is 6.05. The Balaban J connectivity index is 1.81. The van der Waals surface area contributed by atoms with Crippen LogP contribution in [-0.4, -0.2) is 21.9 Å². The number of rotatable bonds is 5. The molecule has 1 fully saturated rings. The molecule has 1 atom stereocenters. The van der Waals surface area contributed by atoms with Crippen LogP contribution in [0.1, 0.15) is 23.7 Å². The quantitative estimate of drug-likeness (QED) is 0.677. The fraction of sp³-hybridized carbons (Fsp3) is 0.267. The molecule has 1 N–H and O–H groups in total. The zero-order valence-electron chi connectivity index (χ0n) is 10.9. The lowest BCUT2D eigenvalue weighted by atomic mass is 10.1. The number of carbonyl (C=O) groups is 1. The van der Waals surface area contributed by atoms with Crippen LogP contribution in [0.4, 0.5) is 0 Å². The van der Waals surface area contributed by atoms with Gasteiger partial charge in [-0.25, -0.2) is 9.97 Å². The number of aromatic nitrogens is 2. The van der Waals surface area contributed by atoms with E-state index in [1.54, 1.807) is 18.5 Å². The van der Waals surface area contributed by atoms with Crippen LogP contribution < -0.4 is 5.32 Å². The van der Waals surface area contributed by atoms with Gasteiger partial charge >= 0.3 is 0 Å². The molecule has 1 aromatic heterocycles. The Morgan fingerprint density at radius 2 is 1.85 bits per heavy atom. The van der Waals surface area contributed by atoms with Gasteiger partial charge in [0.25, 0.3) is 0 Å². The van der Waals surface area contributed by atoms with E-state index in [-0.39, 0.29) is 11.2 Å². The zero-order valence-corrected chi connectivity index (χ0v) is 11.7. The molecule has 1 aliphatic carbocycles. The largest absolute Gasteiger partial charge is 0.352 e. The number of benzene rings is 1. The van der Waals surface area contributed by atoms with E-state index in [0.29, 0.717) is 11.2 Å². The highest BCUT2D eigenvalue weighted by Gasteiger charge is 2.29. The predicted octanol–water partition coefficient (Wildman–Crippen LogP) is 2.59. The molecule has 0 saturated heterocycles. The van der Waals surface area contributed by atoms with Gasteiger partial charge in [0.15, 0.2) is 5.16 Å². The van der Waals surface area contributed by atoms with Crippen LogP contribution in [0.5, 0.6) is 0 Å². The number of nitrogens with one attached hydrogen (secondary N) is 1. The lowest BCUT2D eigenvalue weighted by molar-refractivity contribution is -0.120. The first-order valence-corrected chi connectivity index (χ1v) is 7.50. The van der Waals surface area contributed by atoms with Gasteiger partial charge in [-0.1, -0.05) is 42.1 Å². The van der Waals surface area contributed by atoms with E-state index in [1.807, 2.05) is 30.3 Å². The fourth-order valence-corrected chi connectivity index (χ4v) is 2.78. The Morgan fingerprint density at radius 1 is 1.15 bits per heavy atom. The highest BCUT2D eigenvalue weighted by Crippen LogP contribution is 2.34. The zero-order chi connectivity index (χ0) is 13.8. The topological polar surface area (TPSA) is 54.9 Å². The van der Waals surface area contributed by atoms with E-state index in [2.05, 4.69) is 15.3 Å². The van der Waals surface area contributed by atoms with Gasteiger partial charge in [0, 0.05) is 18.4 Å². The number of hydrogen-bond donors (Lipinski definition) is 1. The summed E-state index contributed by atoms with van der Waals surface area (Å²) in [7, 11) is 0. The van der Waals surface area contributed by atoms with E-state index >= 15 is 0 Å². The van der Waals surface area contributed by atoms with Gasteiger partial charge in [0.2, 0.25) is 5.91 Å². The predicted molar refractivity (Wildman–Crippen MR) is 78.2 cm³/mol. The van der Waals surface area contributed by atoms with Gasteiger partial charge in [-0.05, 0) is 24.5 Å². The lowest BCUT2D eigenvalue weighted by Crippen LogP contribution is -2.29. The van der Waals surface area contributed by atoms with Crippen molar-refractivity contribution in [2.45, 2.75) is 29.3 Å². The third-order valence-corrected chi connectivity index (χ3v) is 4.17. The van der Waals surface area contributed by atoms with Crippen molar-refractivity contribution in [3.05, 3.63) is 54.4 Å². The molecule has 0 spiro atoms. The van der Waals surface area contributed by atoms with Gasteiger partial charge in [-0.2, -0.15) is 0 Å². The van der Waals surface area contributed by atoms with E-state index in [1.165, 1.54) is 11.8 Å². The minimum Gasteiger partial charge on any atom is -0.352 e. The average molecular weight is 285 g/mol. The average Bonchev–Trinajstić information content (AvgIpc) is 3.30. The number of thioether (sulfide) groups is 1. The number of amides is 1. The van der Waals surface area contributed by atoms with Crippen molar-refractivity contribution in [3.63, 3.8) is 0 Å². The Labute approximate surface area is 122 Å². The van der Waals surface area contributed by atoms with Crippen molar-refractivity contribution in [3.8, 4) is 0 Å². The van der Waals surface area contributed by atoms with Gasteiger partial charge < -0.3 is 5.32 Å². The standard InChI is InChI=1S/C15H15N3OS/c19-14(18-12-7-8-12)13(11-5-2-1-3-6-11)20-15-16-9-4-10-17-15/h1-6,9-10,12-13H,7-8H2,(H,18,19). The first-order chi connectivity index (χ1) is 9.83. The van der Waals surface area contributed by atoms with Crippen LogP contribution in [0, 0.1) is 0 Å². The van der Waals surface area contributed by atoms with Crippen molar-refractivity contribution in [2.75, 3.05) is 0 Å². The Morgan fingerprint density at radius 3 is 2.50 bits per heavy atom. The highest BCUT2D eigenvalue weighted by molar-refractivity contribution is 8.00. The molecule has 1 aliphatic rings. The van der Waals surface area contributed by atoms with Crippen molar-refractivity contribution in [1.82, 2.24) is 15.3 Å². The molecule has 3 rings (SSSR count). The summed E-state index contributed by atoms with van der Waals surface area (Å²) in [6, 6.07) is 11.9. The molecule has 0 aliphatic heterocycles. The second-order valence-electron chi connectivity index (χ2n) is 4.72. The molecule has 20 heavy (non-hydrogen) atoms. The van der Waals surface area contributed by atoms with Crippen LogP contribution in [0.2, 0.25) is 0 Å². The van der Waals surface area contributed by atoms with Crippen molar-refractivity contribution in [2.24, 2.45) is 0 Å². The Bertz CT molecular complexity index is 572. The summed E-state index contributed by atoms with van der Waals surface area (Å²) in [5, 5.41) is 3.37. The van der Waals surface area contributed by atoms with Crippen molar-refractivity contribution in [1.29, 1.82) is 0 Å². The van der Waals surface area contributed by atoms with Crippen LogP contribution in [0.3, 0.4) is 0 Å². The summed E-state index contributed by atoms with van der Waals surface area (Å²) >= 11 is 1.39. The summed E-state index contributed by atoms with van der Waals surface area (Å²) in [5.74, 6) is 0.0381. The van der Waals surface area contributed by atoms with Crippen LogP contribution >= 0.6 is 11.8 Å². The van der Waals surface area contributed by atoms with Crippen molar-refractivity contribution < 1.29 is 4.79 Å². The van der Waals surface area contributed by atoms with Gasteiger partial charge in [-0.3, -0.25) is 4.79 Å². The van der Waals surface area contributed by atoms with Gasteiger partial charge in [-0.15, -0.1) is 0 Å². The monoisotopic (exact) mass is 285 g/mol. The molecular weight excluding hydrogens is 270 g/mol. The molecule has 1 unspecified atom stereocenters. The molecule has 1 amide bonds. The molecule has 1 saturated carbocycles. The van der Waals surface area contributed by atoms with Gasteiger partial charge in [0.1, 0.15) is 5.25 Å². The minimum absolute atomic E-state index is 0.0381. The summed E-state index contributed by atoms with van der Waals surface area (Å²) < 4.78 is 0. The minimum atomic E-state index is -0.306. The first kappa shape index (κ1) is 13.1. The summed E-state index contributed by atoms with van der Waals surface area (Å²) in [6.45, 7) is 0. The molecular formula is C15H15N3OS. The molecule has 1 heterocycles. The molecule has 0 bridgehead atoms. The van der Waals surface area contributed by atoms with E-state index < -0.39 is 0 Å². The Kier molecular flexibility index (Phi) is 3.97. The summed E-state index contributed by atoms with van der Waals surface area (Å²) in [5.41, 5.74) is 0.975. The molecule has 1 aromatic carbocycles. The number of carbonyl (C=O) groups excluding carboxylic acids is 1. The fourth-order valence-electron chi connectivity index (χ4n) is 1.86. The van der Waals surface area contributed by atoms with E-state index in [0.717, 1.165) is 18.4 Å². The molecule has 102 valence electrons. The molecule has 5 heteroatoms. The van der Waals surface area contributed by atoms with Crippen LogP contribution in [0.15, 0.2) is 53.9 Å².